The van der Waals surface area contributed by atoms with Gasteiger partial charge in [-0.15, -0.1) is 11.8 Å². The Morgan fingerprint density at radius 3 is 2.84 bits per heavy atom. The number of Topliss-reactive ketones (excluding diaryl/α,β-unsaturated/α-hetero) is 1. The molecule has 0 saturated heterocycles. The molecule has 0 radical (unpaired) electrons. The largest absolute Gasteiger partial charge is 0.299 e. The summed E-state index contributed by atoms with van der Waals surface area (Å²) in [5.41, 5.74) is 2.35. The van der Waals surface area contributed by atoms with E-state index in [9.17, 15) is 4.79 Å². The van der Waals surface area contributed by atoms with Crippen molar-refractivity contribution in [2.75, 3.05) is 5.75 Å². The van der Waals surface area contributed by atoms with Gasteiger partial charge in [0.2, 0.25) is 0 Å². The Labute approximate surface area is 118 Å². The smallest absolute Gasteiger partial charge is 0.143 e. The van der Waals surface area contributed by atoms with Crippen LogP contribution in [-0.4, -0.2) is 21.3 Å². The van der Waals surface area contributed by atoms with Crippen LogP contribution >= 0.6 is 11.8 Å². The van der Waals surface area contributed by atoms with E-state index in [1.807, 2.05) is 31.6 Å². The van der Waals surface area contributed by atoms with E-state index in [2.05, 4.69) is 24.2 Å². The standard InChI is InChI=1S/C15H18N2OS/c1-12-5-3-4-6-15(12)19-11-14(18)8-7-13-9-16-17(2)10-13/h3-6,9-10H,7-8,11H2,1-2H3. The Morgan fingerprint density at radius 1 is 1.37 bits per heavy atom. The summed E-state index contributed by atoms with van der Waals surface area (Å²) in [6.45, 7) is 2.07. The molecule has 0 unspecified atom stereocenters. The third kappa shape index (κ3) is 4.24. The molecule has 4 heteroatoms. The van der Waals surface area contributed by atoms with Gasteiger partial charge in [-0.05, 0) is 30.5 Å². The molecule has 1 aromatic carbocycles. The Kier molecular flexibility index (Phi) is 4.80. The zero-order chi connectivity index (χ0) is 13.7. The molecule has 0 aliphatic rings. The maximum absolute atomic E-state index is 11.9. The normalized spacial score (nSPS) is 10.6. The molecule has 2 rings (SSSR count). The van der Waals surface area contributed by atoms with Gasteiger partial charge in [0.15, 0.2) is 0 Å². The first-order chi connectivity index (χ1) is 9.15. The minimum absolute atomic E-state index is 0.289. The molecule has 3 nitrogen and oxygen atoms in total. The summed E-state index contributed by atoms with van der Waals surface area (Å²) >= 11 is 1.63. The second-order valence-corrected chi connectivity index (χ2v) is 5.63. The third-order valence-electron chi connectivity index (χ3n) is 2.93. The Morgan fingerprint density at radius 2 is 2.16 bits per heavy atom. The van der Waals surface area contributed by atoms with Gasteiger partial charge in [-0.25, -0.2) is 0 Å². The van der Waals surface area contributed by atoms with Gasteiger partial charge >= 0.3 is 0 Å². The topological polar surface area (TPSA) is 34.9 Å². The van der Waals surface area contributed by atoms with Crippen molar-refractivity contribution in [2.24, 2.45) is 7.05 Å². The van der Waals surface area contributed by atoms with E-state index in [-0.39, 0.29) is 5.78 Å². The van der Waals surface area contributed by atoms with Crippen molar-refractivity contribution in [1.82, 2.24) is 9.78 Å². The molecule has 0 aliphatic heterocycles. The maximum Gasteiger partial charge on any atom is 0.143 e. The first-order valence-corrected chi connectivity index (χ1v) is 7.31. The number of carbonyl (C=O) groups is 1. The van der Waals surface area contributed by atoms with Gasteiger partial charge < -0.3 is 0 Å². The highest BCUT2D eigenvalue weighted by Crippen LogP contribution is 2.22. The van der Waals surface area contributed by atoms with Gasteiger partial charge in [-0.2, -0.15) is 5.10 Å². The number of hydrogen-bond donors (Lipinski definition) is 0. The van der Waals surface area contributed by atoms with Crippen LogP contribution in [0.1, 0.15) is 17.5 Å². The van der Waals surface area contributed by atoms with Crippen LogP contribution in [0.4, 0.5) is 0 Å². The van der Waals surface area contributed by atoms with Gasteiger partial charge in [0, 0.05) is 24.6 Å². The summed E-state index contributed by atoms with van der Waals surface area (Å²) in [5, 5.41) is 4.10. The highest BCUT2D eigenvalue weighted by molar-refractivity contribution is 8.00. The first-order valence-electron chi connectivity index (χ1n) is 6.33. The van der Waals surface area contributed by atoms with E-state index in [0.717, 1.165) is 12.0 Å². The van der Waals surface area contributed by atoms with Gasteiger partial charge in [-0.1, -0.05) is 18.2 Å². The van der Waals surface area contributed by atoms with Crippen LogP contribution in [0.5, 0.6) is 0 Å². The number of benzene rings is 1. The predicted molar refractivity (Wildman–Crippen MR) is 78.4 cm³/mol. The van der Waals surface area contributed by atoms with E-state index >= 15 is 0 Å². The predicted octanol–water partition coefficient (Wildman–Crippen LogP) is 3.02. The maximum atomic E-state index is 11.9. The van der Waals surface area contributed by atoms with Crippen molar-refractivity contribution in [3.63, 3.8) is 0 Å². The van der Waals surface area contributed by atoms with Crippen molar-refractivity contribution in [3.05, 3.63) is 47.8 Å². The molecule has 0 spiro atoms. The third-order valence-corrected chi connectivity index (χ3v) is 4.17. The number of hydrogen-bond acceptors (Lipinski definition) is 3. The molecule has 1 aromatic heterocycles. The fourth-order valence-electron chi connectivity index (χ4n) is 1.83. The lowest BCUT2D eigenvalue weighted by atomic mass is 10.1. The molecule has 100 valence electrons. The Balaban J connectivity index is 1.77. The molecule has 0 aliphatic carbocycles. The molecule has 2 aromatic rings. The SMILES string of the molecule is Cc1ccccc1SCC(=O)CCc1cnn(C)c1. The van der Waals surface area contributed by atoms with Gasteiger partial charge in [-0.3, -0.25) is 9.48 Å². The minimum Gasteiger partial charge on any atom is -0.299 e. The average molecular weight is 274 g/mol. The minimum atomic E-state index is 0.289. The highest BCUT2D eigenvalue weighted by atomic mass is 32.2. The van der Waals surface area contributed by atoms with E-state index in [0.29, 0.717) is 12.2 Å². The Bertz CT molecular complexity index is 563. The van der Waals surface area contributed by atoms with Crippen molar-refractivity contribution >= 4 is 17.5 Å². The fourth-order valence-corrected chi connectivity index (χ4v) is 2.76. The molecule has 0 N–H and O–H groups in total. The van der Waals surface area contributed by atoms with Crippen LogP contribution < -0.4 is 0 Å². The van der Waals surface area contributed by atoms with Crippen molar-refractivity contribution < 1.29 is 4.79 Å². The summed E-state index contributed by atoms with van der Waals surface area (Å²) in [5.74, 6) is 0.836. The molecule has 0 saturated carbocycles. The number of nitrogens with zero attached hydrogens (tertiary/aromatic N) is 2. The summed E-state index contributed by atoms with van der Waals surface area (Å²) in [7, 11) is 1.89. The van der Waals surface area contributed by atoms with Crippen molar-refractivity contribution in [2.45, 2.75) is 24.7 Å². The lowest BCUT2D eigenvalue weighted by Crippen LogP contribution is -2.03. The lowest BCUT2D eigenvalue weighted by molar-refractivity contribution is -0.116. The highest BCUT2D eigenvalue weighted by Gasteiger charge is 2.06. The van der Waals surface area contributed by atoms with Crippen molar-refractivity contribution in [1.29, 1.82) is 0 Å². The average Bonchev–Trinajstić information content (AvgIpc) is 2.81. The van der Waals surface area contributed by atoms with E-state index in [4.69, 9.17) is 0 Å². The van der Waals surface area contributed by atoms with Gasteiger partial charge in [0.25, 0.3) is 0 Å². The van der Waals surface area contributed by atoms with Gasteiger partial charge in [0.1, 0.15) is 5.78 Å². The van der Waals surface area contributed by atoms with E-state index in [1.54, 1.807) is 16.4 Å². The number of carbonyl (C=O) groups excluding carboxylic acids is 1. The summed E-state index contributed by atoms with van der Waals surface area (Å²) in [6, 6.07) is 8.16. The second-order valence-electron chi connectivity index (χ2n) is 4.62. The zero-order valence-electron chi connectivity index (χ0n) is 11.3. The van der Waals surface area contributed by atoms with Crippen LogP contribution in [0.3, 0.4) is 0 Å². The fraction of sp³-hybridized carbons (Fsp3) is 0.333. The number of rotatable bonds is 6. The Hall–Kier alpha value is -1.55. The molecular weight excluding hydrogens is 256 g/mol. The first kappa shape index (κ1) is 13.9. The number of thioether (sulfide) groups is 1. The summed E-state index contributed by atoms with van der Waals surface area (Å²) in [6.07, 6.45) is 5.15. The van der Waals surface area contributed by atoms with Crippen LogP contribution in [-0.2, 0) is 18.3 Å². The molecule has 19 heavy (non-hydrogen) atoms. The lowest BCUT2D eigenvalue weighted by Gasteiger charge is -2.04. The van der Waals surface area contributed by atoms with Crippen LogP contribution in [0.15, 0.2) is 41.6 Å². The molecule has 0 atom stereocenters. The zero-order valence-corrected chi connectivity index (χ0v) is 12.1. The van der Waals surface area contributed by atoms with E-state index in [1.165, 1.54) is 10.5 Å². The van der Waals surface area contributed by atoms with Crippen molar-refractivity contribution in [3.8, 4) is 0 Å². The molecule has 1 heterocycles. The summed E-state index contributed by atoms with van der Waals surface area (Å²) in [4.78, 5) is 13.1. The molecule has 0 amide bonds. The number of aryl methyl sites for hydroxylation is 3. The summed E-state index contributed by atoms with van der Waals surface area (Å²) < 4.78 is 1.77. The quantitative estimate of drug-likeness (QED) is 0.759. The van der Waals surface area contributed by atoms with E-state index < -0.39 is 0 Å². The number of aromatic nitrogens is 2. The molecule has 0 bridgehead atoms. The monoisotopic (exact) mass is 274 g/mol. The second kappa shape index (κ2) is 6.57. The van der Waals surface area contributed by atoms with Gasteiger partial charge in [0.05, 0.1) is 11.9 Å². The van der Waals surface area contributed by atoms with Crippen LogP contribution in [0.2, 0.25) is 0 Å². The van der Waals surface area contributed by atoms with Crippen LogP contribution in [0.25, 0.3) is 0 Å². The number of ketones is 1. The molecule has 0 fully saturated rings. The van der Waals surface area contributed by atoms with Crippen LogP contribution in [0, 0.1) is 6.92 Å². The molecular formula is C15H18N2OS.